The monoisotopic (exact) mass is 328 g/mol. The summed E-state index contributed by atoms with van der Waals surface area (Å²) in [5, 5.41) is 6.63. The van der Waals surface area contributed by atoms with Crippen LogP contribution in [0.25, 0.3) is 0 Å². The molecule has 7 heteroatoms. The van der Waals surface area contributed by atoms with Gasteiger partial charge in [0.15, 0.2) is 0 Å². The standard InChI is InChI=1S/C17H20N4O3/c1-11(22)21-10-12(13-4-2-3-5-15(13)21)8-9-18-17(24)14-6-7-16(23)20-19-14/h2-5,12H,6-10H2,1H3,(H,18,24)(H,20,23). The number of para-hydroxylation sites is 1. The minimum Gasteiger partial charge on any atom is -0.351 e. The smallest absolute Gasteiger partial charge is 0.267 e. The van der Waals surface area contributed by atoms with Gasteiger partial charge in [0.1, 0.15) is 5.71 Å². The molecule has 2 aliphatic heterocycles. The Bertz CT molecular complexity index is 714. The van der Waals surface area contributed by atoms with Crippen LogP contribution in [0.5, 0.6) is 0 Å². The van der Waals surface area contributed by atoms with Gasteiger partial charge in [0.25, 0.3) is 5.91 Å². The molecule has 0 aromatic heterocycles. The number of nitrogens with zero attached hydrogens (tertiary/aromatic N) is 2. The maximum absolute atomic E-state index is 12.0. The summed E-state index contributed by atoms with van der Waals surface area (Å²) in [5.41, 5.74) is 4.78. The molecule has 0 aliphatic carbocycles. The fourth-order valence-electron chi connectivity index (χ4n) is 3.14. The van der Waals surface area contributed by atoms with Crippen LogP contribution in [0.4, 0.5) is 5.69 Å². The van der Waals surface area contributed by atoms with Crippen molar-refractivity contribution >= 4 is 29.1 Å². The van der Waals surface area contributed by atoms with Crippen molar-refractivity contribution in [3.63, 3.8) is 0 Å². The van der Waals surface area contributed by atoms with Crippen molar-refractivity contribution in [1.29, 1.82) is 0 Å². The molecular formula is C17H20N4O3. The Labute approximate surface area is 140 Å². The van der Waals surface area contributed by atoms with Gasteiger partial charge in [0.05, 0.1) is 0 Å². The molecule has 126 valence electrons. The molecule has 2 aliphatic rings. The minimum atomic E-state index is -0.246. The third-order valence-electron chi connectivity index (χ3n) is 4.40. The van der Waals surface area contributed by atoms with Gasteiger partial charge in [-0.3, -0.25) is 14.4 Å². The molecule has 0 saturated carbocycles. The average molecular weight is 328 g/mol. The summed E-state index contributed by atoms with van der Waals surface area (Å²) >= 11 is 0. The second kappa shape index (κ2) is 6.82. The van der Waals surface area contributed by atoms with Crippen molar-refractivity contribution in [2.75, 3.05) is 18.0 Å². The van der Waals surface area contributed by atoms with Crippen LogP contribution in [0.15, 0.2) is 29.4 Å². The zero-order valence-corrected chi connectivity index (χ0v) is 13.5. The van der Waals surface area contributed by atoms with Crippen LogP contribution < -0.4 is 15.6 Å². The number of carbonyl (C=O) groups excluding carboxylic acids is 3. The summed E-state index contributed by atoms with van der Waals surface area (Å²) in [7, 11) is 0. The molecule has 0 radical (unpaired) electrons. The van der Waals surface area contributed by atoms with Crippen molar-refractivity contribution in [3.8, 4) is 0 Å². The van der Waals surface area contributed by atoms with Crippen LogP contribution in [0.3, 0.4) is 0 Å². The lowest BCUT2D eigenvalue weighted by molar-refractivity contribution is -0.121. The highest BCUT2D eigenvalue weighted by molar-refractivity contribution is 6.39. The van der Waals surface area contributed by atoms with E-state index in [4.69, 9.17) is 0 Å². The number of fused-ring (bicyclic) bond motifs is 1. The molecule has 0 spiro atoms. The Morgan fingerprint density at radius 3 is 2.83 bits per heavy atom. The minimum absolute atomic E-state index is 0.0290. The van der Waals surface area contributed by atoms with Crippen LogP contribution in [-0.2, 0) is 14.4 Å². The van der Waals surface area contributed by atoms with Gasteiger partial charge < -0.3 is 10.2 Å². The Morgan fingerprint density at radius 1 is 1.33 bits per heavy atom. The third kappa shape index (κ3) is 3.29. The van der Waals surface area contributed by atoms with Gasteiger partial charge >= 0.3 is 0 Å². The molecule has 1 aromatic rings. The van der Waals surface area contributed by atoms with Crippen molar-refractivity contribution in [2.45, 2.75) is 32.1 Å². The lowest BCUT2D eigenvalue weighted by atomic mass is 9.98. The predicted octanol–water partition coefficient (Wildman–Crippen LogP) is 0.909. The summed E-state index contributed by atoms with van der Waals surface area (Å²) in [6.45, 7) is 2.70. The van der Waals surface area contributed by atoms with Crippen LogP contribution in [-0.4, -0.2) is 36.5 Å². The van der Waals surface area contributed by atoms with Gasteiger partial charge in [0, 0.05) is 44.5 Å². The SMILES string of the molecule is CC(=O)N1CC(CCNC(=O)C2=NNC(=O)CC2)c2ccccc21. The first-order chi connectivity index (χ1) is 11.6. The van der Waals surface area contributed by atoms with Crippen LogP contribution in [0.1, 0.15) is 37.7 Å². The zero-order chi connectivity index (χ0) is 17.1. The molecule has 0 bridgehead atoms. The second-order valence-corrected chi connectivity index (χ2v) is 6.02. The third-order valence-corrected chi connectivity index (χ3v) is 4.40. The van der Waals surface area contributed by atoms with Gasteiger partial charge in [-0.2, -0.15) is 5.10 Å². The van der Waals surface area contributed by atoms with Crippen LogP contribution in [0, 0.1) is 0 Å². The highest BCUT2D eigenvalue weighted by Gasteiger charge is 2.30. The van der Waals surface area contributed by atoms with Crippen LogP contribution >= 0.6 is 0 Å². The molecule has 24 heavy (non-hydrogen) atoms. The number of hydrogen-bond acceptors (Lipinski definition) is 4. The van der Waals surface area contributed by atoms with Crippen molar-refractivity contribution in [3.05, 3.63) is 29.8 Å². The summed E-state index contributed by atoms with van der Waals surface area (Å²) in [4.78, 5) is 36.6. The van der Waals surface area contributed by atoms with E-state index in [9.17, 15) is 14.4 Å². The lowest BCUT2D eigenvalue weighted by Crippen LogP contribution is -2.37. The number of nitrogens with one attached hydrogen (secondary N) is 2. The quantitative estimate of drug-likeness (QED) is 0.860. The maximum Gasteiger partial charge on any atom is 0.267 e. The van der Waals surface area contributed by atoms with E-state index in [2.05, 4.69) is 15.8 Å². The summed E-state index contributed by atoms with van der Waals surface area (Å²) in [6, 6.07) is 7.88. The average Bonchev–Trinajstić information content (AvgIpc) is 2.95. The molecule has 3 rings (SSSR count). The number of hydrogen-bond donors (Lipinski definition) is 2. The predicted molar refractivity (Wildman–Crippen MR) is 89.6 cm³/mol. The molecule has 2 heterocycles. The van der Waals surface area contributed by atoms with Gasteiger partial charge in [-0.05, 0) is 18.1 Å². The van der Waals surface area contributed by atoms with Crippen LogP contribution in [0.2, 0.25) is 0 Å². The first kappa shape index (κ1) is 16.2. The van der Waals surface area contributed by atoms with Crippen molar-refractivity contribution in [1.82, 2.24) is 10.7 Å². The molecule has 7 nitrogen and oxygen atoms in total. The highest BCUT2D eigenvalue weighted by atomic mass is 16.2. The van der Waals surface area contributed by atoms with E-state index in [0.29, 0.717) is 25.2 Å². The number of amides is 3. The fraction of sp³-hybridized carbons (Fsp3) is 0.412. The van der Waals surface area contributed by atoms with Gasteiger partial charge in [-0.15, -0.1) is 0 Å². The van der Waals surface area contributed by atoms with Crippen molar-refractivity contribution < 1.29 is 14.4 Å². The number of benzene rings is 1. The lowest BCUT2D eigenvalue weighted by Gasteiger charge is -2.16. The largest absolute Gasteiger partial charge is 0.351 e. The molecule has 0 fully saturated rings. The van der Waals surface area contributed by atoms with E-state index in [1.807, 2.05) is 24.3 Å². The fourth-order valence-corrected chi connectivity index (χ4v) is 3.14. The Kier molecular flexibility index (Phi) is 4.59. The van der Waals surface area contributed by atoms with E-state index >= 15 is 0 Å². The molecule has 0 saturated heterocycles. The number of rotatable bonds is 4. The summed E-state index contributed by atoms with van der Waals surface area (Å²) in [6.07, 6.45) is 1.39. The Balaban J connectivity index is 1.57. The number of carbonyl (C=O) groups is 3. The maximum atomic E-state index is 12.0. The second-order valence-electron chi connectivity index (χ2n) is 6.02. The van der Waals surface area contributed by atoms with E-state index < -0.39 is 0 Å². The van der Waals surface area contributed by atoms with Gasteiger partial charge in [0.2, 0.25) is 11.8 Å². The highest BCUT2D eigenvalue weighted by Crippen LogP contribution is 2.37. The van der Waals surface area contributed by atoms with Gasteiger partial charge in [-0.1, -0.05) is 18.2 Å². The zero-order valence-electron chi connectivity index (χ0n) is 13.5. The van der Waals surface area contributed by atoms with E-state index in [-0.39, 0.29) is 30.1 Å². The first-order valence-corrected chi connectivity index (χ1v) is 8.07. The molecule has 1 aromatic carbocycles. The Hall–Kier alpha value is -2.70. The van der Waals surface area contributed by atoms with E-state index in [1.165, 1.54) is 0 Å². The molecular weight excluding hydrogens is 308 g/mol. The first-order valence-electron chi connectivity index (χ1n) is 8.07. The molecule has 3 amide bonds. The molecule has 1 unspecified atom stereocenters. The summed E-state index contributed by atoms with van der Waals surface area (Å²) < 4.78 is 0. The Morgan fingerprint density at radius 2 is 2.12 bits per heavy atom. The molecule has 1 atom stereocenters. The topological polar surface area (TPSA) is 90.9 Å². The molecule has 2 N–H and O–H groups in total. The summed E-state index contributed by atoms with van der Waals surface area (Å²) in [5.74, 6) is -0.178. The number of anilines is 1. The normalized spacial score (nSPS) is 19.4. The van der Waals surface area contributed by atoms with Crippen molar-refractivity contribution in [2.24, 2.45) is 5.10 Å². The van der Waals surface area contributed by atoms with E-state index in [0.717, 1.165) is 17.7 Å². The van der Waals surface area contributed by atoms with E-state index in [1.54, 1.807) is 11.8 Å². The number of hydrazone groups is 1. The van der Waals surface area contributed by atoms with Gasteiger partial charge in [-0.25, -0.2) is 5.43 Å².